The predicted octanol–water partition coefficient (Wildman–Crippen LogP) is 4.63. The predicted molar refractivity (Wildman–Crippen MR) is 94.6 cm³/mol. The van der Waals surface area contributed by atoms with Crippen molar-refractivity contribution in [3.05, 3.63) is 35.4 Å². The largest absolute Gasteiger partial charge is 0.416 e. The summed E-state index contributed by atoms with van der Waals surface area (Å²) in [5.41, 5.74) is -0.00756. The molecular formula is C20H27F3N2O. The number of carbonyl (C=O) groups excluding carboxylic acids is 1. The maximum absolute atomic E-state index is 13.0. The first-order valence-corrected chi connectivity index (χ1v) is 9.57. The van der Waals surface area contributed by atoms with Crippen molar-refractivity contribution in [1.29, 1.82) is 0 Å². The molecule has 3 nitrogen and oxygen atoms in total. The summed E-state index contributed by atoms with van der Waals surface area (Å²) >= 11 is 0. The fourth-order valence-electron chi connectivity index (χ4n) is 3.73. The van der Waals surface area contributed by atoms with Gasteiger partial charge < -0.3 is 4.90 Å². The number of rotatable bonds is 5. The molecular weight excluding hydrogens is 341 g/mol. The minimum absolute atomic E-state index is 0.109. The number of hydrogen-bond donors (Lipinski definition) is 0. The zero-order valence-electron chi connectivity index (χ0n) is 15.3. The first-order valence-electron chi connectivity index (χ1n) is 9.57. The van der Waals surface area contributed by atoms with Crippen molar-refractivity contribution in [3.63, 3.8) is 0 Å². The summed E-state index contributed by atoms with van der Waals surface area (Å²) in [6.45, 7) is 3.80. The maximum Gasteiger partial charge on any atom is 0.416 e. The summed E-state index contributed by atoms with van der Waals surface area (Å²) < 4.78 is 39.1. The molecule has 0 spiro atoms. The number of halogens is 3. The molecule has 2 fully saturated rings. The van der Waals surface area contributed by atoms with Crippen LogP contribution in [0.4, 0.5) is 13.2 Å². The van der Waals surface area contributed by atoms with E-state index in [4.69, 9.17) is 0 Å². The fraction of sp³-hybridized carbons (Fsp3) is 0.650. The first-order chi connectivity index (χ1) is 12.4. The molecule has 0 bridgehead atoms. The van der Waals surface area contributed by atoms with E-state index in [1.54, 1.807) is 6.07 Å². The van der Waals surface area contributed by atoms with Crippen LogP contribution in [0.1, 0.15) is 62.6 Å². The average Bonchev–Trinajstić information content (AvgIpc) is 3.44. The Kier molecular flexibility index (Phi) is 5.90. The summed E-state index contributed by atoms with van der Waals surface area (Å²) in [4.78, 5) is 16.8. The third-order valence-electron chi connectivity index (χ3n) is 5.49. The smallest absolute Gasteiger partial charge is 0.342 e. The number of hydrogen-bond acceptors (Lipinski definition) is 2. The second kappa shape index (κ2) is 7.99. The van der Waals surface area contributed by atoms with Crippen LogP contribution in [0, 0.1) is 0 Å². The van der Waals surface area contributed by atoms with Crippen molar-refractivity contribution in [2.45, 2.75) is 63.7 Å². The maximum atomic E-state index is 13.0. The van der Waals surface area contributed by atoms with Crippen LogP contribution >= 0.6 is 0 Å². The van der Waals surface area contributed by atoms with Gasteiger partial charge in [0.1, 0.15) is 0 Å². The minimum atomic E-state index is -4.35. The Bertz CT molecular complexity index is 620. The molecule has 6 heteroatoms. The third kappa shape index (κ3) is 4.78. The second-order valence-corrected chi connectivity index (χ2v) is 7.50. The van der Waals surface area contributed by atoms with Crippen LogP contribution in [0.25, 0.3) is 0 Å². The molecule has 1 aliphatic carbocycles. The van der Waals surface area contributed by atoms with Gasteiger partial charge in [-0.25, -0.2) is 0 Å². The molecule has 1 heterocycles. The van der Waals surface area contributed by atoms with Gasteiger partial charge in [0.2, 0.25) is 5.91 Å². The number of likely N-dealkylation sites (tertiary alicyclic amines) is 1. The molecule has 1 atom stereocenters. The minimum Gasteiger partial charge on any atom is -0.342 e. The van der Waals surface area contributed by atoms with Gasteiger partial charge >= 0.3 is 6.18 Å². The van der Waals surface area contributed by atoms with Gasteiger partial charge in [0.25, 0.3) is 0 Å². The summed E-state index contributed by atoms with van der Waals surface area (Å²) in [6.07, 6.45) is 2.08. The Hall–Kier alpha value is -1.56. The zero-order valence-corrected chi connectivity index (χ0v) is 15.3. The average molecular weight is 368 g/mol. The highest BCUT2D eigenvalue weighted by Crippen LogP contribution is 2.36. The van der Waals surface area contributed by atoms with Gasteiger partial charge in [0.05, 0.1) is 12.1 Å². The highest BCUT2D eigenvalue weighted by Gasteiger charge is 2.36. The van der Waals surface area contributed by atoms with E-state index in [1.807, 2.05) is 11.8 Å². The molecule has 1 aliphatic heterocycles. The van der Waals surface area contributed by atoms with E-state index >= 15 is 0 Å². The van der Waals surface area contributed by atoms with E-state index < -0.39 is 11.7 Å². The van der Waals surface area contributed by atoms with Crippen LogP contribution < -0.4 is 0 Å². The molecule has 1 aromatic rings. The monoisotopic (exact) mass is 368 g/mol. The van der Waals surface area contributed by atoms with E-state index in [0.29, 0.717) is 18.2 Å². The van der Waals surface area contributed by atoms with E-state index in [2.05, 4.69) is 4.90 Å². The van der Waals surface area contributed by atoms with Gasteiger partial charge in [-0.2, -0.15) is 13.2 Å². The van der Waals surface area contributed by atoms with E-state index in [1.165, 1.54) is 12.1 Å². The van der Waals surface area contributed by atoms with Gasteiger partial charge in [-0.3, -0.25) is 9.69 Å². The van der Waals surface area contributed by atoms with E-state index in [-0.39, 0.29) is 11.9 Å². The number of nitrogens with zero attached hydrogens (tertiary/aromatic N) is 2. The van der Waals surface area contributed by atoms with Crippen LogP contribution in [-0.4, -0.2) is 41.4 Å². The van der Waals surface area contributed by atoms with Gasteiger partial charge in [-0.15, -0.1) is 0 Å². The lowest BCUT2D eigenvalue weighted by Gasteiger charge is -2.31. The van der Waals surface area contributed by atoms with Gasteiger partial charge in [0.15, 0.2) is 0 Å². The zero-order chi connectivity index (χ0) is 18.7. The van der Waals surface area contributed by atoms with Crippen molar-refractivity contribution in [1.82, 2.24) is 9.80 Å². The molecule has 26 heavy (non-hydrogen) atoms. The Morgan fingerprint density at radius 2 is 1.85 bits per heavy atom. The summed E-state index contributed by atoms with van der Waals surface area (Å²) in [5, 5.41) is 0. The SMILES string of the molecule is CC(c1cccc(C(F)(F)F)c1)N(CC(=O)N1CCCCCC1)C1CC1. The lowest BCUT2D eigenvalue weighted by Crippen LogP contribution is -2.42. The normalized spacial score (nSPS) is 20.1. The van der Waals surface area contributed by atoms with Crippen LogP contribution in [0.2, 0.25) is 0 Å². The molecule has 1 saturated carbocycles. The Morgan fingerprint density at radius 1 is 1.19 bits per heavy atom. The quantitative estimate of drug-likeness (QED) is 0.756. The Morgan fingerprint density at radius 3 is 2.42 bits per heavy atom. The van der Waals surface area contributed by atoms with Gasteiger partial charge in [0, 0.05) is 25.2 Å². The first kappa shape index (κ1) is 19.2. The van der Waals surface area contributed by atoms with Crippen molar-refractivity contribution >= 4 is 5.91 Å². The number of amides is 1. The van der Waals surface area contributed by atoms with Crippen LogP contribution in [0.5, 0.6) is 0 Å². The molecule has 1 amide bonds. The molecule has 144 valence electrons. The molecule has 0 N–H and O–H groups in total. The molecule has 1 aromatic carbocycles. The third-order valence-corrected chi connectivity index (χ3v) is 5.49. The standard InChI is InChI=1S/C20H27F3N2O/c1-15(16-7-6-8-17(13-16)20(21,22)23)25(18-9-10-18)14-19(26)24-11-4-2-3-5-12-24/h6-8,13,15,18H,2-5,9-12,14H2,1H3. The van der Waals surface area contributed by atoms with Crippen LogP contribution in [0.3, 0.4) is 0 Å². The molecule has 1 saturated heterocycles. The second-order valence-electron chi connectivity index (χ2n) is 7.50. The van der Waals surface area contributed by atoms with Crippen molar-refractivity contribution < 1.29 is 18.0 Å². The number of benzene rings is 1. The topological polar surface area (TPSA) is 23.6 Å². The molecule has 0 aromatic heterocycles. The Labute approximate surface area is 153 Å². The molecule has 3 rings (SSSR count). The van der Waals surface area contributed by atoms with Gasteiger partial charge in [-0.1, -0.05) is 25.0 Å². The lowest BCUT2D eigenvalue weighted by atomic mass is 10.0. The number of carbonyl (C=O) groups is 1. The highest BCUT2D eigenvalue weighted by atomic mass is 19.4. The van der Waals surface area contributed by atoms with Crippen LogP contribution in [0.15, 0.2) is 24.3 Å². The highest BCUT2D eigenvalue weighted by molar-refractivity contribution is 5.78. The summed E-state index contributed by atoms with van der Waals surface area (Å²) in [5.74, 6) is 0.109. The lowest BCUT2D eigenvalue weighted by molar-refractivity contribution is -0.138. The van der Waals surface area contributed by atoms with E-state index in [9.17, 15) is 18.0 Å². The van der Waals surface area contributed by atoms with Crippen molar-refractivity contribution in [2.24, 2.45) is 0 Å². The van der Waals surface area contributed by atoms with E-state index in [0.717, 1.165) is 57.7 Å². The van der Waals surface area contributed by atoms with Crippen molar-refractivity contribution in [2.75, 3.05) is 19.6 Å². The summed E-state index contributed by atoms with van der Waals surface area (Å²) in [7, 11) is 0. The van der Waals surface area contributed by atoms with Gasteiger partial charge in [-0.05, 0) is 50.3 Å². The molecule has 0 radical (unpaired) electrons. The van der Waals surface area contributed by atoms with Crippen LogP contribution in [-0.2, 0) is 11.0 Å². The molecule has 1 unspecified atom stereocenters. The Balaban J connectivity index is 1.72. The summed E-state index contributed by atoms with van der Waals surface area (Å²) in [6, 6.07) is 5.59. The fourth-order valence-corrected chi connectivity index (χ4v) is 3.73. The van der Waals surface area contributed by atoms with Crippen molar-refractivity contribution in [3.8, 4) is 0 Å². The molecule has 2 aliphatic rings. The number of alkyl halides is 3.